The van der Waals surface area contributed by atoms with Gasteiger partial charge in [0.25, 0.3) is 0 Å². The van der Waals surface area contributed by atoms with Crippen LogP contribution in [0.15, 0.2) is 0 Å². The Kier molecular flexibility index (Phi) is 27.4. The summed E-state index contributed by atoms with van der Waals surface area (Å²) in [4.78, 5) is 2.74. The van der Waals surface area contributed by atoms with Gasteiger partial charge in [-0.1, -0.05) is 199 Å². The molecule has 260 valence electrons. The van der Waals surface area contributed by atoms with Gasteiger partial charge in [0.05, 0.1) is 0 Å². The minimum absolute atomic E-state index is 0.182. The second kappa shape index (κ2) is 26.9. The highest BCUT2D eigenvalue weighted by Crippen LogP contribution is 2.40. The van der Waals surface area contributed by atoms with Crippen molar-refractivity contribution in [3.8, 4) is 0 Å². The summed E-state index contributed by atoms with van der Waals surface area (Å²) in [5.41, 5.74) is 0.977. The fourth-order valence-corrected chi connectivity index (χ4v) is 6.94. The Hall–Kier alpha value is 0.830. The molecular weight excluding hydrogens is 589 g/mol. The summed E-state index contributed by atoms with van der Waals surface area (Å²) in [6, 6.07) is 0. The van der Waals surface area contributed by atoms with Gasteiger partial charge >= 0.3 is 0 Å². The zero-order chi connectivity index (χ0) is 32.5. The van der Waals surface area contributed by atoms with E-state index in [0.717, 1.165) is 25.8 Å². The fourth-order valence-electron chi connectivity index (χ4n) is 6.29. The van der Waals surface area contributed by atoms with Crippen molar-refractivity contribution in [1.82, 2.24) is 4.90 Å². The maximum atomic E-state index is 6.47. The molecule has 0 aliphatic heterocycles. The summed E-state index contributed by atoms with van der Waals surface area (Å²) in [6.45, 7) is 20.1. The van der Waals surface area contributed by atoms with Crippen LogP contribution in [0, 0.1) is 16.7 Å². The van der Waals surface area contributed by atoms with Crippen LogP contribution in [-0.2, 0) is 0 Å². The number of hydrogen-bond acceptors (Lipinski definition) is 1. The Labute approximate surface area is 287 Å². The smallest absolute Gasteiger partial charge is 0.193 e. The van der Waals surface area contributed by atoms with Gasteiger partial charge in [0.1, 0.15) is 0 Å². The molecule has 0 aliphatic rings. The summed E-state index contributed by atoms with van der Waals surface area (Å²) in [7, 11) is 0. The van der Waals surface area contributed by atoms with Crippen LogP contribution < -0.4 is 0 Å². The number of halogens is 3. The number of rotatable bonds is 29. The standard InChI is InChI=1S/C39H78Cl3N/c1-8-9-10-11-18-23-29-36(39(40,41)42)30-28-35-43(33-26-21-16-12-14-19-24-31-37(2,3)4)34-27-22-17-13-15-20-25-32-38(5,6)7/h36H,8-35H2,1-7H3. The normalized spacial score (nSPS) is 13.7. The average Bonchev–Trinajstić information content (AvgIpc) is 2.89. The molecule has 0 N–H and O–H groups in total. The number of unbranched alkanes of at least 4 members (excludes halogenated alkanes) is 17. The molecule has 0 aromatic rings. The Bertz CT molecular complexity index is 555. The van der Waals surface area contributed by atoms with E-state index < -0.39 is 3.79 Å². The molecule has 0 fully saturated rings. The molecule has 0 saturated carbocycles. The maximum absolute atomic E-state index is 6.47. The van der Waals surface area contributed by atoms with Gasteiger partial charge in [0.2, 0.25) is 0 Å². The van der Waals surface area contributed by atoms with Crippen LogP contribution in [0.4, 0.5) is 0 Å². The Morgan fingerprint density at radius 3 is 1.14 bits per heavy atom. The first-order valence-electron chi connectivity index (χ1n) is 19.0. The monoisotopic (exact) mass is 666 g/mol. The summed E-state index contributed by atoms with van der Waals surface area (Å²) < 4.78 is -1.13. The van der Waals surface area contributed by atoms with Crippen LogP contribution in [0.2, 0.25) is 0 Å². The van der Waals surface area contributed by atoms with Gasteiger partial charge in [0.15, 0.2) is 3.79 Å². The zero-order valence-electron chi connectivity index (χ0n) is 30.5. The lowest BCUT2D eigenvalue weighted by atomic mass is 9.89. The summed E-state index contributed by atoms with van der Waals surface area (Å²) in [6.07, 6.45) is 33.2. The second-order valence-electron chi connectivity index (χ2n) is 16.3. The van der Waals surface area contributed by atoms with E-state index in [4.69, 9.17) is 34.8 Å². The van der Waals surface area contributed by atoms with Gasteiger partial charge in [-0.3, -0.25) is 0 Å². The van der Waals surface area contributed by atoms with E-state index >= 15 is 0 Å². The molecule has 0 spiro atoms. The van der Waals surface area contributed by atoms with Crippen molar-refractivity contribution >= 4 is 34.8 Å². The number of hydrogen-bond donors (Lipinski definition) is 0. The van der Waals surface area contributed by atoms with E-state index in [1.165, 1.54) is 154 Å². The van der Waals surface area contributed by atoms with Gasteiger partial charge in [-0.25, -0.2) is 0 Å². The molecule has 0 rings (SSSR count). The van der Waals surface area contributed by atoms with Crippen LogP contribution in [-0.4, -0.2) is 28.3 Å². The van der Waals surface area contributed by atoms with Crippen molar-refractivity contribution in [1.29, 1.82) is 0 Å². The molecule has 0 aromatic heterocycles. The van der Waals surface area contributed by atoms with Crippen molar-refractivity contribution in [3.05, 3.63) is 0 Å². The molecular formula is C39H78Cl3N. The third-order valence-electron chi connectivity index (χ3n) is 9.20. The maximum Gasteiger partial charge on any atom is 0.193 e. The van der Waals surface area contributed by atoms with Crippen molar-refractivity contribution < 1.29 is 0 Å². The van der Waals surface area contributed by atoms with Crippen molar-refractivity contribution in [2.75, 3.05) is 19.6 Å². The molecule has 0 aliphatic carbocycles. The molecule has 0 bridgehead atoms. The average molecular weight is 667 g/mol. The molecule has 43 heavy (non-hydrogen) atoms. The Morgan fingerprint density at radius 2 is 0.744 bits per heavy atom. The van der Waals surface area contributed by atoms with Gasteiger partial charge in [-0.15, -0.1) is 0 Å². The highest BCUT2D eigenvalue weighted by Gasteiger charge is 2.31. The Morgan fingerprint density at radius 1 is 0.419 bits per heavy atom. The van der Waals surface area contributed by atoms with Gasteiger partial charge < -0.3 is 4.90 Å². The zero-order valence-corrected chi connectivity index (χ0v) is 32.7. The minimum atomic E-state index is -1.13. The molecule has 0 radical (unpaired) electrons. The first-order valence-corrected chi connectivity index (χ1v) is 20.2. The number of alkyl halides is 3. The van der Waals surface area contributed by atoms with E-state index in [-0.39, 0.29) is 5.92 Å². The molecule has 1 nitrogen and oxygen atoms in total. The predicted molar refractivity (Wildman–Crippen MR) is 200 cm³/mol. The lowest BCUT2D eigenvalue weighted by molar-refractivity contribution is 0.246. The van der Waals surface area contributed by atoms with Gasteiger partial charge in [0, 0.05) is 5.92 Å². The number of nitrogens with zero attached hydrogens (tertiary/aromatic N) is 1. The van der Waals surface area contributed by atoms with Crippen molar-refractivity contribution in [3.63, 3.8) is 0 Å². The molecule has 4 heteroatoms. The molecule has 0 saturated heterocycles. The van der Waals surface area contributed by atoms with E-state index in [2.05, 4.69) is 53.4 Å². The lowest BCUT2D eigenvalue weighted by Crippen LogP contribution is -2.28. The van der Waals surface area contributed by atoms with Crippen LogP contribution in [0.1, 0.15) is 209 Å². The van der Waals surface area contributed by atoms with E-state index in [1.54, 1.807) is 0 Å². The molecule has 0 aromatic carbocycles. The van der Waals surface area contributed by atoms with E-state index in [9.17, 15) is 0 Å². The van der Waals surface area contributed by atoms with Crippen molar-refractivity contribution in [2.24, 2.45) is 16.7 Å². The predicted octanol–water partition coefficient (Wildman–Crippen LogP) is 15.1. The van der Waals surface area contributed by atoms with Crippen molar-refractivity contribution in [2.45, 2.75) is 213 Å². The highest BCUT2D eigenvalue weighted by molar-refractivity contribution is 6.67. The summed E-state index contributed by atoms with van der Waals surface area (Å²) >= 11 is 19.4. The van der Waals surface area contributed by atoms with E-state index in [1.807, 2.05) is 0 Å². The molecule has 1 unspecified atom stereocenters. The third-order valence-corrected chi connectivity index (χ3v) is 10.1. The second-order valence-corrected chi connectivity index (χ2v) is 18.7. The fraction of sp³-hybridized carbons (Fsp3) is 1.00. The first-order chi connectivity index (χ1) is 20.2. The Balaban J connectivity index is 4.44. The van der Waals surface area contributed by atoms with Gasteiger partial charge in [-0.05, 0) is 75.4 Å². The third kappa shape index (κ3) is 32.6. The quantitative estimate of drug-likeness (QED) is 0.0567. The van der Waals surface area contributed by atoms with Gasteiger partial charge in [-0.2, -0.15) is 0 Å². The first kappa shape index (κ1) is 43.8. The molecule has 0 heterocycles. The van der Waals surface area contributed by atoms with E-state index in [0.29, 0.717) is 10.8 Å². The van der Waals surface area contributed by atoms with Crippen LogP contribution >= 0.6 is 34.8 Å². The lowest BCUT2D eigenvalue weighted by Gasteiger charge is -2.27. The van der Waals surface area contributed by atoms with Crippen LogP contribution in [0.3, 0.4) is 0 Å². The minimum Gasteiger partial charge on any atom is -0.303 e. The van der Waals surface area contributed by atoms with Crippen LogP contribution in [0.5, 0.6) is 0 Å². The SMILES string of the molecule is CCCCCCCCC(CCCN(CCCCCCCCCC(C)(C)C)CCCCCCCCCC(C)(C)C)C(Cl)(Cl)Cl. The van der Waals surface area contributed by atoms with Crippen LogP contribution in [0.25, 0.3) is 0 Å². The topological polar surface area (TPSA) is 3.24 Å². The molecule has 0 amide bonds. The highest BCUT2D eigenvalue weighted by atomic mass is 35.6. The summed E-state index contributed by atoms with van der Waals surface area (Å²) in [5, 5.41) is 0. The molecule has 1 atom stereocenters. The largest absolute Gasteiger partial charge is 0.303 e. The summed E-state index contributed by atoms with van der Waals surface area (Å²) in [5.74, 6) is 0.182.